The van der Waals surface area contributed by atoms with Crippen molar-refractivity contribution >= 4 is 0 Å². The first-order valence-electron chi connectivity index (χ1n) is 3.22. The van der Waals surface area contributed by atoms with Crippen LogP contribution in [0.5, 0.6) is 0 Å². The van der Waals surface area contributed by atoms with Crippen LogP contribution in [0.1, 0.15) is 6.42 Å². The van der Waals surface area contributed by atoms with Crippen LogP contribution in [0, 0.1) is 0 Å². The summed E-state index contributed by atoms with van der Waals surface area (Å²) in [6.07, 6.45) is 5.67. The fraction of sp³-hybridized carbons (Fsp3) is 0.429. The van der Waals surface area contributed by atoms with Gasteiger partial charge in [0, 0.05) is 6.42 Å². The second-order valence-corrected chi connectivity index (χ2v) is 2.46. The number of nitrogens with one attached hydrogen (secondary N) is 1. The molecule has 0 heterocycles. The van der Waals surface area contributed by atoms with Gasteiger partial charge >= 0.3 is 0 Å². The minimum atomic E-state index is -0.466. The summed E-state index contributed by atoms with van der Waals surface area (Å²) in [5.41, 5.74) is 5.30. The van der Waals surface area contributed by atoms with Gasteiger partial charge in [-0.15, -0.1) is 0 Å². The maximum atomic E-state index is 8.93. The van der Waals surface area contributed by atoms with Gasteiger partial charge in [0.1, 0.15) is 5.76 Å². The maximum absolute atomic E-state index is 8.93. The highest BCUT2D eigenvalue weighted by Gasteiger charge is 2.19. The molecule has 0 aromatic carbocycles. The average Bonchev–Trinajstić information content (AvgIpc) is 1.96. The number of aliphatic hydroxyl groups is 1. The summed E-state index contributed by atoms with van der Waals surface area (Å²) in [6.45, 7) is 0. The van der Waals surface area contributed by atoms with Gasteiger partial charge in [-0.25, -0.2) is 0 Å². The first-order chi connectivity index (χ1) is 4.66. The molecule has 0 bridgehead atoms. The van der Waals surface area contributed by atoms with Crippen molar-refractivity contribution in [3.05, 3.63) is 24.0 Å². The molecule has 0 amide bonds. The summed E-state index contributed by atoms with van der Waals surface area (Å²) in [5.74, 6) is 0.288. The Balaban J connectivity index is 2.67. The van der Waals surface area contributed by atoms with Crippen molar-refractivity contribution in [1.82, 2.24) is 5.32 Å². The van der Waals surface area contributed by atoms with E-state index in [0.717, 1.165) is 0 Å². The molecule has 1 rings (SSSR count). The number of aliphatic hydroxyl groups excluding tert-OH is 1. The summed E-state index contributed by atoms with van der Waals surface area (Å²) in [5, 5.41) is 11.9. The summed E-state index contributed by atoms with van der Waals surface area (Å²) in [6, 6.07) is 0. The van der Waals surface area contributed by atoms with Crippen LogP contribution in [0.2, 0.25) is 0 Å². The maximum Gasteiger partial charge on any atom is 0.111 e. The van der Waals surface area contributed by atoms with E-state index in [1.165, 1.54) is 0 Å². The molecular weight excluding hydrogens is 128 g/mol. The molecule has 0 saturated carbocycles. The summed E-state index contributed by atoms with van der Waals surface area (Å²) in [7, 11) is 1.79. The van der Waals surface area contributed by atoms with Crippen LogP contribution in [0.25, 0.3) is 0 Å². The van der Waals surface area contributed by atoms with Crippen LogP contribution >= 0.6 is 0 Å². The van der Waals surface area contributed by atoms with Crippen molar-refractivity contribution < 1.29 is 5.11 Å². The smallest absolute Gasteiger partial charge is 0.111 e. The molecule has 3 nitrogen and oxygen atoms in total. The molecule has 1 aliphatic rings. The van der Waals surface area contributed by atoms with E-state index < -0.39 is 5.66 Å². The second-order valence-electron chi connectivity index (χ2n) is 2.46. The molecule has 0 saturated heterocycles. The van der Waals surface area contributed by atoms with Crippen LogP contribution in [-0.4, -0.2) is 17.8 Å². The zero-order chi connectivity index (χ0) is 7.61. The van der Waals surface area contributed by atoms with Gasteiger partial charge in [-0.2, -0.15) is 0 Å². The van der Waals surface area contributed by atoms with Crippen molar-refractivity contribution in [2.75, 3.05) is 7.05 Å². The normalized spacial score (nSPS) is 32.0. The number of allylic oxidation sites excluding steroid dienone is 1. The molecule has 3 heteroatoms. The van der Waals surface area contributed by atoms with E-state index in [2.05, 4.69) is 5.32 Å². The van der Waals surface area contributed by atoms with E-state index in [1.807, 2.05) is 0 Å². The fourth-order valence-electron chi connectivity index (χ4n) is 0.829. The minimum absolute atomic E-state index is 0.288. The van der Waals surface area contributed by atoms with E-state index >= 15 is 0 Å². The lowest BCUT2D eigenvalue weighted by Crippen LogP contribution is -2.50. The molecule has 0 radical (unpaired) electrons. The summed E-state index contributed by atoms with van der Waals surface area (Å²) >= 11 is 0. The molecule has 10 heavy (non-hydrogen) atoms. The SMILES string of the molecule is CNC1(N)C=CC(O)=CC1. The van der Waals surface area contributed by atoms with Crippen LogP contribution in [-0.2, 0) is 0 Å². The van der Waals surface area contributed by atoms with Gasteiger partial charge in [0.25, 0.3) is 0 Å². The Labute approximate surface area is 60.2 Å². The van der Waals surface area contributed by atoms with Crippen LogP contribution in [0.3, 0.4) is 0 Å². The van der Waals surface area contributed by atoms with Crippen molar-refractivity contribution in [3.63, 3.8) is 0 Å². The number of rotatable bonds is 1. The number of hydrogen-bond acceptors (Lipinski definition) is 3. The lowest BCUT2D eigenvalue weighted by atomic mass is 10.0. The third-order valence-electron chi connectivity index (χ3n) is 1.67. The Hall–Kier alpha value is -0.800. The Kier molecular flexibility index (Phi) is 1.78. The largest absolute Gasteiger partial charge is 0.508 e. The van der Waals surface area contributed by atoms with Gasteiger partial charge in [-0.05, 0) is 25.3 Å². The van der Waals surface area contributed by atoms with Crippen LogP contribution in [0.4, 0.5) is 0 Å². The van der Waals surface area contributed by atoms with E-state index in [0.29, 0.717) is 6.42 Å². The predicted molar refractivity (Wildman–Crippen MR) is 40.4 cm³/mol. The Bertz CT molecular complexity index is 186. The summed E-state index contributed by atoms with van der Waals surface area (Å²) < 4.78 is 0. The van der Waals surface area contributed by atoms with Gasteiger partial charge in [0.15, 0.2) is 0 Å². The Morgan fingerprint density at radius 1 is 1.80 bits per heavy atom. The van der Waals surface area contributed by atoms with Crippen molar-refractivity contribution in [1.29, 1.82) is 0 Å². The van der Waals surface area contributed by atoms with Gasteiger partial charge in [-0.3, -0.25) is 5.32 Å². The highest BCUT2D eigenvalue weighted by atomic mass is 16.3. The van der Waals surface area contributed by atoms with Gasteiger partial charge in [0.05, 0.1) is 5.66 Å². The van der Waals surface area contributed by atoms with Crippen molar-refractivity contribution in [2.45, 2.75) is 12.1 Å². The zero-order valence-electron chi connectivity index (χ0n) is 5.96. The van der Waals surface area contributed by atoms with Crippen molar-refractivity contribution in [2.24, 2.45) is 5.73 Å². The molecule has 0 aliphatic heterocycles. The zero-order valence-corrected chi connectivity index (χ0v) is 5.96. The Morgan fingerprint density at radius 2 is 2.50 bits per heavy atom. The lowest BCUT2D eigenvalue weighted by Gasteiger charge is -2.25. The highest BCUT2D eigenvalue weighted by molar-refractivity contribution is 5.22. The van der Waals surface area contributed by atoms with E-state index in [-0.39, 0.29) is 5.76 Å². The molecule has 1 unspecified atom stereocenters. The molecule has 4 N–H and O–H groups in total. The summed E-state index contributed by atoms with van der Waals surface area (Å²) in [4.78, 5) is 0. The van der Waals surface area contributed by atoms with E-state index in [4.69, 9.17) is 10.8 Å². The molecule has 56 valence electrons. The van der Waals surface area contributed by atoms with Crippen molar-refractivity contribution in [3.8, 4) is 0 Å². The van der Waals surface area contributed by atoms with E-state index in [1.54, 1.807) is 25.3 Å². The van der Waals surface area contributed by atoms with Gasteiger partial charge < -0.3 is 10.8 Å². The molecule has 0 aromatic heterocycles. The number of hydrogen-bond donors (Lipinski definition) is 3. The average molecular weight is 140 g/mol. The monoisotopic (exact) mass is 140 g/mol. The molecule has 0 aromatic rings. The first-order valence-corrected chi connectivity index (χ1v) is 3.22. The topological polar surface area (TPSA) is 58.3 Å². The molecule has 0 spiro atoms. The first kappa shape index (κ1) is 7.31. The molecular formula is C7H12N2O. The predicted octanol–water partition coefficient (Wildman–Crippen LogP) is 0.263. The van der Waals surface area contributed by atoms with Gasteiger partial charge in [-0.1, -0.05) is 0 Å². The fourth-order valence-corrected chi connectivity index (χ4v) is 0.829. The number of likely N-dealkylation sites (N-methyl/N-ethyl adjacent to an activating group) is 1. The third-order valence-corrected chi connectivity index (χ3v) is 1.67. The number of nitrogens with two attached hydrogens (primary N) is 1. The van der Waals surface area contributed by atoms with Crippen LogP contribution in [0.15, 0.2) is 24.0 Å². The van der Waals surface area contributed by atoms with Crippen LogP contribution < -0.4 is 11.1 Å². The quantitative estimate of drug-likeness (QED) is 0.458. The van der Waals surface area contributed by atoms with E-state index in [9.17, 15) is 0 Å². The molecule has 1 aliphatic carbocycles. The van der Waals surface area contributed by atoms with Gasteiger partial charge in [0.2, 0.25) is 0 Å². The Morgan fingerprint density at radius 3 is 2.90 bits per heavy atom. The standard InChI is InChI=1S/C7H12N2O/c1-9-7(8)4-2-6(10)3-5-7/h2-4,9-10H,5,8H2,1H3. The molecule has 1 atom stereocenters. The second kappa shape index (κ2) is 2.44. The third kappa shape index (κ3) is 1.37. The minimum Gasteiger partial charge on any atom is -0.508 e. The highest BCUT2D eigenvalue weighted by Crippen LogP contribution is 2.13. The lowest BCUT2D eigenvalue weighted by molar-refractivity contribution is 0.396. The molecule has 0 fully saturated rings.